The van der Waals surface area contributed by atoms with E-state index in [1.807, 2.05) is 0 Å². The van der Waals surface area contributed by atoms with Gasteiger partial charge in [-0.2, -0.15) is 0 Å². The molecule has 1 N–H and O–H groups in total. The number of aromatic hydroxyl groups is 1. The summed E-state index contributed by atoms with van der Waals surface area (Å²) in [5.41, 5.74) is 0.831. The van der Waals surface area contributed by atoms with Crippen molar-refractivity contribution in [2.24, 2.45) is 0 Å². The standard InChI is InChI=1S/C15H14O4/c1-18-12-6-7-13(14(9-12)19-2)15(17)10-4-3-5-11(16)8-10/h3-9,16H,1-2H3. The van der Waals surface area contributed by atoms with E-state index in [1.54, 1.807) is 37.4 Å². The zero-order valence-corrected chi connectivity index (χ0v) is 10.7. The van der Waals surface area contributed by atoms with Crippen molar-refractivity contribution >= 4 is 5.78 Å². The Bertz CT molecular complexity index is 605. The highest BCUT2D eigenvalue weighted by molar-refractivity contribution is 6.11. The molecule has 0 aromatic heterocycles. The molecule has 19 heavy (non-hydrogen) atoms. The molecule has 0 aliphatic rings. The third-order valence-corrected chi connectivity index (χ3v) is 2.76. The van der Waals surface area contributed by atoms with Crippen molar-refractivity contribution in [3.8, 4) is 17.2 Å². The summed E-state index contributed by atoms with van der Waals surface area (Å²) in [5.74, 6) is 0.894. The fraction of sp³-hybridized carbons (Fsp3) is 0.133. The second-order valence-corrected chi connectivity index (χ2v) is 3.95. The lowest BCUT2D eigenvalue weighted by molar-refractivity contribution is 0.103. The maximum Gasteiger partial charge on any atom is 0.196 e. The minimum Gasteiger partial charge on any atom is -0.508 e. The predicted molar refractivity (Wildman–Crippen MR) is 71.1 cm³/mol. The summed E-state index contributed by atoms with van der Waals surface area (Å²) in [6.07, 6.45) is 0. The number of phenolic OH excluding ortho intramolecular Hbond substituents is 1. The quantitative estimate of drug-likeness (QED) is 0.856. The van der Waals surface area contributed by atoms with Crippen LogP contribution in [-0.4, -0.2) is 25.1 Å². The summed E-state index contributed by atoms with van der Waals surface area (Å²) in [6, 6.07) is 11.2. The van der Waals surface area contributed by atoms with Crippen LogP contribution in [0.25, 0.3) is 0 Å². The molecule has 4 nitrogen and oxygen atoms in total. The second kappa shape index (κ2) is 5.44. The van der Waals surface area contributed by atoms with Gasteiger partial charge in [-0.25, -0.2) is 0 Å². The highest BCUT2D eigenvalue weighted by Gasteiger charge is 2.15. The fourth-order valence-electron chi connectivity index (χ4n) is 1.79. The highest BCUT2D eigenvalue weighted by Crippen LogP contribution is 2.27. The summed E-state index contributed by atoms with van der Waals surface area (Å²) in [4.78, 5) is 12.3. The predicted octanol–water partition coefficient (Wildman–Crippen LogP) is 2.64. The third kappa shape index (κ3) is 2.68. The van der Waals surface area contributed by atoms with Gasteiger partial charge in [0.1, 0.15) is 17.2 Å². The maximum absolute atomic E-state index is 12.3. The molecule has 0 spiro atoms. The van der Waals surface area contributed by atoms with E-state index in [1.165, 1.54) is 19.2 Å². The van der Waals surface area contributed by atoms with Gasteiger partial charge < -0.3 is 14.6 Å². The van der Waals surface area contributed by atoms with Crippen LogP contribution in [0.3, 0.4) is 0 Å². The van der Waals surface area contributed by atoms with Gasteiger partial charge in [0.05, 0.1) is 19.8 Å². The topological polar surface area (TPSA) is 55.8 Å². The van der Waals surface area contributed by atoms with Crippen molar-refractivity contribution in [3.05, 3.63) is 53.6 Å². The molecular weight excluding hydrogens is 244 g/mol. The summed E-state index contributed by atoms with van der Waals surface area (Å²) >= 11 is 0. The Hall–Kier alpha value is -2.49. The third-order valence-electron chi connectivity index (χ3n) is 2.76. The first-order chi connectivity index (χ1) is 9.15. The van der Waals surface area contributed by atoms with Crippen LogP contribution in [0.1, 0.15) is 15.9 Å². The minimum absolute atomic E-state index is 0.0540. The first kappa shape index (κ1) is 13.0. The lowest BCUT2D eigenvalue weighted by Gasteiger charge is -2.09. The van der Waals surface area contributed by atoms with Gasteiger partial charge in [0.2, 0.25) is 0 Å². The van der Waals surface area contributed by atoms with Crippen LogP contribution in [-0.2, 0) is 0 Å². The molecule has 2 aromatic carbocycles. The molecule has 0 atom stereocenters. The van der Waals surface area contributed by atoms with Gasteiger partial charge in [-0.1, -0.05) is 12.1 Å². The molecule has 0 heterocycles. The average Bonchev–Trinajstić information content (AvgIpc) is 2.45. The molecule has 4 heteroatoms. The number of rotatable bonds is 4. The van der Waals surface area contributed by atoms with Crippen LogP contribution in [0.4, 0.5) is 0 Å². The van der Waals surface area contributed by atoms with Gasteiger partial charge in [0.25, 0.3) is 0 Å². The number of benzene rings is 2. The molecule has 0 saturated heterocycles. The van der Waals surface area contributed by atoms with Gasteiger partial charge in [0.15, 0.2) is 5.78 Å². The van der Waals surface area contributed by atoms with Gasteiger partial charge in [-0.15, -0.1) is 0 Å². The van der Waals surface area contributed by atoms with Crippen molar-refractivity contribution in [3.63, 3.8) is 0 Å². The van der Waals surface area contributed by atoms with Gasteiger partial charge in [-0.3, -0.25) is 4.79 Å². The van der Waals surface area contributed by atoms with E-state index >= 15 is 0 Å². The van der Waals surface area contributed by atoms with E-state index < -0.39 is 0 Å². The number of hydrogen-bond acceptors (Lipinski definition) is 4. The number of hydrogen-bond donors (Lipinski definition) is 1. The molecule has 0 radical (unpaired) electrons. The molecule has 2 rings (SSSR count). The van der Waals surface area contributed by atoms with Crippen molar-refractivity contribution in [1.82, 2.24) is 0 Å². The van der Waals surface area contributed by atoms with Crippen molar-refractivity contribution in [2.45, 2.75) is 0 Å². The number of phenols is 1. The van der Waals surface area contributed by atoms with Crippen molar-refractivity contribution < 1.29 is 19.4 Å². The van der Waals surface area contributed by atoms with Crippen molar-refractivity contribution in [1.29, 1.82) is 0 Å². The van der Waals surface area contributed by atoms with Gasteiger partial charge >= 0.3 is 0 Å². The Kier molecular flexibility index (Phi) is 3.71. The molecule has 0 saturated carbocycles. The van der Waals surface area contributed by atoms with E-state index in [-0.39, 0.29) is 11.5 Å². The molecule has 2 aromatic rings. The Morgan fingerprint density at radius 3 is 2.47 bits per heavy atom. The minimum atomic E-state index is -0.213. The van der Waals surface area contributed by atoms with Gasteiger partial charge in [-0.05, 0) is 24.3 Å². The fourth-order valence-corrected chi connectivity index (χ4v) is 1.79. The SMILES string of the molecule is COc1ccc(C(=O)c2cccc(O)c2)c(OC)c1. The molecule has 0 aliphatic heterocycles. The Labute approximate surface area is 111 Å². The Morgan fingerprint density at radius 1 is 1.05 bits per heavy atom. The maximum atomic E-state index is 12.3. The zero-order chi connectivity index (χ0) is 13.8. The van der Waals surface area contributed by atoms with E-state index in [0.717, 1.165) is 0 Å². The van der Waals surface area contributed by atoms with Crippen LogP contribution in [0.15, 0.2) is 42.5 Å². The summed E-state index contributed by atoms with van der Waals surface area (Å²) in [5, 5.41) is 9.41. The summed E-state index contributed by atoms with van der Waals surface area (Å²) in [7, 11) is 3.04. The number of methoxy groups -OCH3 is 2. The summed E-state index contributed by atoms with van der Waals surface area (Å²) in [6.45, 7) is 0. The number of ether oxygens (including phenoxy) is 2. The molecule has 98 valence electrons. The first-order valence-corrected chi connectivity index (χ1v) is 5.71. The van der Waals surface area contributed by atoms with Crippen molar-refractivity contribution in [2.75, 3.05) is 14.2 Å². The molecule has 0 unspecified atom stereocenters. The van der Waals surface area contributed by atoms with Crippen LogP contribution in [0, 0.1) is 0 Å². The average molecular weight is 258 g/mol. The zero-order valence-electron chi connectivity index (χ0n) is 10.7. The monoisotopic (exact) mass is 258 g/mol. The largest absolute Gasteiger partial charge is 0.508 e. The van der Waals surface area contributed by atoms with Gasteiger partial charge in [0, 0.05) is 11.6 Å². The van der Waals surface area contributed by atoms with Crippen LogP contribution < -0.4 is 9.47 Å². The smallest absolute Gasteiger partial charge is 0.196 e. The first-order valence-electron chi connectivity index (χ1n) is 5.71. The van der Waals surface area contributed by atoms with Crippen LogP contribution in [0.5, 0.6) is 17.2 Å². The van der Waals surface area contributed by atoms with E-state index in [2.05, 4.69) is 0 Å². The number of ketones is 1. The second-order valence-electron chi connectivity index (χ2n) is 3.95. The lowest BCUT2D eigenvalue weighted by atomic mass is 10.0. The lowest BCUT2D eigenvalue weighted by Crippen LogP contribution is -2.04. The van der Waals surface area contributed by atoms with E-state index in [0.29, 0.717) is 22.6 Å². The van der Waals surface area contributed by atoms with Crippen LogP contribution >= 0.6 is 0 Å². The van der Waals surface area contributed by atoms with E-state index in [9.17, 15) is 9.90 Å². The normalized spacial score (nSPS) is 10.0. The number of carbonyl (C=O) groups is 1. The highest BCUT2D eigenvalue weighted by atomic mass is 16.5. The van der Waals surface area contributed by atoms with Crippen LogP contribution in [0.2, 0.25) is 0 Å². The molecule has 0 bridgehead atoms. The van der Waals surface area contributed by atoms with E-state index in [4.69, 9.17) is 9.47 Å². The molecule has 0 amide bonds. The molecule has 0 fully saturated rings. The molecule has 0 aliphatic carbocycles. The Balaban J connectivity index is 2.44. The molecular formula is C15H14O4. The summed E-state index contributed by atoms with van der Waals surface area (Å²) < 4.78 is 10.3. The number of carbonyl (C=O) groups excluding carboxylic acids is 1. The Morgan fingerprint density at radius 2 is 1.84 bits per heavy atom.